The van der Waals surface area contributed by atoms with Gasteiger partial charge in [0.15, 0.2) is 0 Å². The summed E-state index contributed by atoms with van der Waals surface area (Å²) in [6.45, 7) is 4.95. The van der Waals surface area contributed by atoms with Crippen LogP contribution in [0.4, 0.5) is 0 Å². The van der Waals surface area contributed by atoms with E-state index in [0.717, 1.165) is 11.0 Å². The molecule has 2 atom stereocenters. The molecule has 2 heteroatoms. The Bertz CT molecular complexity index is 93.9. The van der Waals surface area contributed by atoms with Gasteiger partial charge in [-0.3, -0.25) is 0 Å². The summed E-state index contributed by atoms with van der Waals surface area (Å²) in [7, 11) is 6.41. The zero-order chi connectivity index (χ0) is 8.36. The molecule has 0 saturated carbocycles. The quantitative estimate of drug-likeness (QED) is 0.581. The molecule has 10 heavy (non-hydrogen) atoms. The van der Waals surface area contributed by atoms with E-state index in [1.54, 1.807) is 0 Å². The van der Waals surface area contributed by atoms with Crippen molar-refractivity contribution in [3.63, 3.8) is 0 Å². The average molecular weight is 146 g/mol. The van der Waals surface area contributed by atoms with E-state index in [0.29, 0.717) is 5.92 Å². The van der Waals surface area contributed by atoms with Gasteiger partial charge in [0.1, 0.15) is 0 Å². The zero-order valence-electron chi connectivity index (χ0n) is 7.76. The summed E-state index contributed by atoms with van der Waals surface area (Å²) in [6, 6.07) is 0. The molecule has 0 rings (SSSR count). The lowest BCUT2D eigenvalue weighted by Gasteiger charge is -2.28. The predicted octanol–water partition coefficient (Wildman–Crippen LogP) is 0.710. The maximum Gasteiger partial charge on any atom is 0.0831 e. The Balaban J connectivity index is 3.68. The lowest BCUT2D eigenvalue weighted by Crippen LogP contribution is -2.41. The molecule has 0 radical (unpaired) electrons. The molecule has 62 valence electrons. The molecule has 0 spiro atoms. The SMILES string of the molecule is CC(O)C(C)C[N+](C)(C)C. The van der Waals surface area contributed by atoms with Gasteiger partial charge in [0, 0.05) is 5.92 Å². The van der Waals surface area contributed by atoms with E-state index < -0.39 is 0 Å². The van der Waals surface area contributed by atoms with Crippen LogP contribution in [0.15, 0.2) is 0 Å². The summed E-state index contributed by atoms with van der Waals surface area (Å²) in [5, 5.41) is 9.17. The Morgan fingerprint density at radius 1 is 1.20 bits per heavy atom. The van der Waals surface area contributed by atoms with Gasteiger partial charge in [-0.25, -0.2) is 0 Å². The maximum absolute atomic E-state index is 9.17. The number of hydrogen-bond donors (Lipinski definition) is 1. The van der Waals surface area contributed by atoms with Crippen LogP contribution in [0.2, 0.25) is 0 Å². The molecule has 0 aromatic heterocycles. The highest BCUT2D eigenvalue weighted by Gasteiger charge is 2.17. The molecule has 0 aliphatic carbocycles. The fourth-order valence-electron chi connectivity index (χ4n) is 1.02. The van der Waals surface area contributed by atoms with E-state index in [2.05, 4.69) is 28.1 Å². The second kappa shape index (κ2) is 3.35. The predicted molar refractivity (Wildman–Crippen MR) is 43.7 cm³/mol. The first kappa shape index (κ1) is 9.92. The van der Waals surface area contributed by atoms with E-state index in [-0.39, 0.29) is 6.10 Å². The second-order valence-electron chi connectivity index (χ2n) is 4.19. The molecule has 0 heterocycles. The first-order valence-electron chi connectivity index (χ1n) is 3.81. The van der Waals surface area contributed by atoms with E-state index in [1.165, 1.54) is 0 Å². The van der Waals surface area contributed by atoms with Gasteiger partial charge >= 0.3 is 0 Å². The van der Waals surface area contributed by atoms with E-state index in [9.17, 15) is 5.11 Å². The first-order valence-corrected chi connectivity index (χ1v) is 3.81. The Morgan fingerprint density at radius 3 is 1.70 bits per heavy atom. The maximum atomic E-state index is 9.17. The van der Waals surface area contributed by atoms with Crippen LogP contribution in [0.25, 0.3) is 0 Å². The molecule has 0 aliphatic heterocycles. The lowest BCUT2D eigenvalue weighted by molar-refractivity contribution is -0.874. The lowest BCUT2D eigenvalue weighted by atomic mass is 10.1. The van der Waals surface area contributed by atoms with Crippen LogP contribution in [-0.2, 0) is 0 Å². The van der Waals surface area contributed by atoms with Crippen molar-refractivity contribution >= 4 is 0 Å². The van der Waals surface area contributed by atoms with Crippen LogP contribution >= 0.6 is 0 Å². The molecule has 2 nitrogen and oxygen atoms in total. The van der Waals surface area contributed by atoms with Crippen molar-refractivity contribution in [1.29, 1.82) is 0 Å². The standard InChI is InChI=1S/C8H20NO/c1-7(8(2)10)6-9(3,4)5/h7-8,10H,6H2,1-5H3/q+1. The Labute approximate surface area is 64.1 Å². The molecular weight excluding hydrogens is 126 g/mol. The van der Waals surface area contributed by atoms with Gasteiger partial charge in [-0.2, -0.15) is 0 Å². The average Bonchev–Trinajstić information content (AvgIpc) is 1.60. The summed E-state index contributed by atoms with van der Waals surface area (Å²) in [5.74, 6) is 0.389. The zero-order valence-corrected chi connectivity index (χ0v) is 7.76. The minimum absolute atomic E-state index is 0.183. The Morgan fingerprint density at radius 2 is 1.60 bits per heavy atom. The van der Waals surface area contributed by atoms with Gasteiger partial charge in [0.2, 0.25) is 0 Å². The van der Waals surface area contributed by atoms with Gasteiger partial charge in [0.05, 0.1) is 33.8 Å². The minimum atomic E-state index is -0.183. The summed E-state index contributed by atoms with van der Waals surface area (Å²) >= 11 is 0. The van der Waals surface area contributed by atoms with E-state index in [4.69, 9.17) is 0 Å². The largest absolute Gasteiger partial charge is 0.393 e. The highest BCUT2D eigenvalue weighted by molar-refractivity contribution is 4.56. The van der Waals surface area contributed by atoms with Crippen LogP contribution in [0, 0.1) is 5.92 Å². The van der Waals surface area contributed by atoms with Gasteiger partial charge in [-0.1, -0.05) is 6.92 Å². The second-order valence-corrected chi connectivity index (χ2v) is 4.19. The number of quaternary nitrogens is 1. The molecule has 0 fully saturated rings. The number of aliphatic hydroxyl groups is 1. The highest BCUT2D eigenvalue weighted by Crippen LogP contribution is 2.06. The Kier molecular flexibility index (Phi) is 3.33. The molecule has 0 aromatic carbocycles. The topological polar surface area (TPSA) is 20.2 Å². The van der Waals surface area contributed by atoms with Gasteiger partial charge in [-0.05, 0) is 6.92 Å². The molecule has 0 aliphatic rings. The fraction of sp³-hybridized carbons (Fsp3) is 1.00. The van der Waals surface area contributed by atoms with Gasteiger partial charge < -0.3 is 9.59 Å². The number of nitrogens with zero attached hydrogens (tertiary/aromatic N) is 1. The summed E-state index contributed by atoms with van der Waals surface area (Å²) in [4.78, 5) is 0. The third kappa shape index (κ3) is 4.77. The third-order valence-corrected chi connectivity index (χ3v) is 1.66. The van der Waals surface area contributed by atoms with Crippen molar-refractivity contribution < 1.29 is 9.59 Å². The van der Waals surface area contributed by atoms with Gasteiger partial charge in [-0.15, -0.1) is 0 Å². The van der Waals surface area contributed by atoms with Gasteiger partial charge in [0.25, 0.3) is 0 Å². The molecule has 1 N–H and O–H groups in total. The van der Waals surface area contributed by atoms with Crippen molar-refractivity contribution in [1.82, 2.24) is 0 Å². The molecule has 0 amide bonds. The molecular formula is C8H20NO+. The van der Waals surface area contributed by atoms with Crippen molar-refractivity contribution in [2.45, 2.75) is 20.0 Å². The molecule has 0 bridgehead atoms. The van der Waals surface area contributed by atoms with Crippen LogP contribution in [0.5, 0.6) is 0 Å². The highest BCUT2D eigenvalue weighted by atomic mass is 16.3. The molecule has 0 aromatic rings. The Hall–Kier alpha value is -0.0800. The molecule has 0 saturated heterocycles. The summed E-state index contributed by atoms with van der Waals surface area (Å²) in [6.07, 6.45) is -0.183. The monoisotopic (exact) mass is 146 g/mol. The van der Waals surface area contributed by atoms with Crippen molar-refractivity contribution in [2.24, 2.45) is 5.92 Å². The van der Waals surface area contributed by atoms with Crippen molar-refractivity contribution in [3.05, 3.63) is 0 Å². The number of aliphatic hydroxyl groups excluding tert-OH is 1. The smallest absolute Gasteiger partial charge is 0.0831 e. The number of hydrogen-bond acceptors (Lipinski definition) is 1. The third-order valence-electron chi connectivity index (χ3n) is 1.66. The summed E-state index contributed by atoms with van der Waals surface area (Å²) < 4.78 is 0.923. The van der Waals surface area contributed by atoms with E-state index in [1.807, 2.05) is 6.92 Å². The van der Waals surface area contributed by atoms with Crippen LogP contribution in [0.3, 0.4) is 0 Å². The van der Waals surface area contributed by atoms with Crippen LogP contribution < -0.4 is 0 Å². The van der Waals surface area contributed by atoms with Crippen LogP contribution in [0.1, 0.15) is 13.8 Å². The number of rotatable bonds is 3. The van der Waals surface area contributed by atoms with Crippen molar-refractivity contribution in [2.75, 3.05) is 27.7 Å². The van der Waals surface area contributed by atoms with Crippen LogP contribution in [-0.4, -0.2) is 43.4 Å². The normalized spacial score (nSPS) is 18.6. The minimum Gasteiger partial charge on any atom is -0.393 e. The fourth-order valence-corrected chi connectivity index (χ4v) is 1.02. The first-order chi connectivity index (χ1) is 4.33. The van der Waals surface area contributed by atoms with Crippen molar-refractivity contribution in [3.8, 4) is 0 Å². The molecule has 2 unspecified atom stereocenters. The summed E-state index contributed by atoms with van der Waals surface area (Å²) in [5.41, 5.74) is 0. The van der Waals surface area contributed by atoms with E-state index >= 15 is 0 Å².